The Hall–Kier alpha value is -3.80. The summed E-state index contributed by atoms with van der Waals surface area (Å²) in [5.41, 5.74) is 2.51. The van der Waals surface area contributed by atoms with E-state index in [1.54, 1.807) is 18.3 Å². The van der Waals surface area contributed by atoms with Crippen LogP contribution in [0.5, 0.6) is 0 Å². The van der Waals surface area contributed by atoms with Gasteiger partial charge in [0.1, 0.15) is 0 Å². The highest BCUT2D eigenvalue weighted by molar-refractivity contribution is 6.07. The predicted octanol–water partition coefficient (Wildman–Crippen LogP) is 4.02. The molecular formula is C20H15N5O. The van der Waals surface area contributed by atoms with Crippen molar-refractivity contribution in [3.8, 4) is 0 Å². The van der Waals surface area contributed by atoms with Gasteiger partial charge in [0.2, 0.25) is 0 Å². The number of nitrogens with zero attached hydrogens (tertiary/aromatic N) is 3. The lowest BCUT2D eigenvalue weighted by molar-refractivity contribution is 0.102. The lowest BCUT2D eigenvalue weighted by atomic mass is 10.2. The Labute approximate surface area is 149 Å². The van der Waals surface area contributed by atoms with Crippen molar-refractivity contribution in [1.82, 2.24) is 15.2 Å². The van der Waals surface area contributed by atoms with Crippen LogP contribution in [0.4, 0.5) is 17.2 Å². The smallest absolute Gasteiger partial charge is 0.276 e. The van der Waals surface area contributed by atoms with Gasteiger partial charge in [0.25, 0.3) is 5.91 Å². The number of anilines is 3. The van der Waals surface area contributed by atoms with Crippen LogP contribution < -0.4 is 10.6 Å². The first-order valence-electron chi connectivity index (χ1n) is 8.10. The van der Waals surface area contributed by atoms with Crippen LogP contribution in [-0.2, 0) is 0 Å². The molecule has 0 aliphatic heterocycles. The largest absolute Gasteiger partial charge is 0.339 e. The molecule has 1 amide bonds. The van der Waals surface area contributed by atoms with E-state index in [4.69, 9.17) is 0 Å². The molecule has 0 unspecified atom stereocenters. The molecule has 0 fully saturated rings. The molecule has 2 N–H and O–H groups in total. The van der Waals surface area contributed by atoms with Crippen molar-refractivity contribution < 1.29 is 4.79 Å². The van der Waals surface area contributed by atoms with Crippen LogP contribution in [0.15, 0.2) is 79.0 Å². The molecule has 0 aliphatic carbocycles. The van der Waals surface area contributed by atoms with Crippen molar-refractivity contribution in [3.05, 3.63) is 84.7 Å². The molecule has 2 heterocycles. The summed E-state index contributed by atoms with van der Waals surface area (Å²) in [6, 6.07) is 22.4. The van der Waals surface area contributed by atoms with Crippen molar-refractivity contribution in [2.24, 2.45) is 0 Å². The van der Waals surface area contributed by atoms with E-state index in [0.717, 1.165) is 16.6 Å². The van der Waals surface area contributed by atoms with Crippen LogP contribution in [0.1, 0.15) is 10.5 Å². The summed E-state index contributed by atoms with van der Waals surface area (Å²) in [7, 11) is 0. The minimum Gasteiger partial charge on any atom is -0.339 e. The molecule has 4 rings (SSSR count). The number of hydrogen-bond acceptors (Lipinski definition) is 5. The van der Waals surface area contributed by atoms with Crippen LogP contribution in [-0.4, -0.2) is 21.1 Å². The number of carbonyl (C=O) groups is 1. The van der Waals surface area contributed by atoms with Gasteiger partial charge >= 0.3 is 0 Å². The zero-order valence-corrected chi connectivity index (χ0v) is 13.8. The Kier molecular flexibility index (Phi) is 4.22. The molecule has 0 saturated carbocycles. The van der Waals surface area contributed by atoms with Gasteiger partial charge in [-0.2, -0.15) is 0 Å². The highest BCUT2D eigenvalue weighted by Gasteiger charge is 2.11. The molecule has 0 radical (unpaired) electrons. The summed E-state index contributed by atoms with van der Waals surface area (Å²) in [6.45, 7) is 0. The summed E-state index contributed by atoms with van der Waals surface area (Å²) >= 11 is 0. The first kappa shape index (κ1) is 15.7. The minimum atomic E-state index is -0.332. The Morgan fingerprint density at radius 3 is 2.46 bits per heavy atom. The van der Waals surface area contributed by atoms with Gasteiger partial charge < -0.3 is 10.6 Å². The van der Waals surface area contributed by atoms with Crippen LogP contribution >= 0.6 is 0 Å². The fourth-order valence-corrected chi connectivity index (χ4v) is 2.58. The number of hydrogen-bond donors (Lipinski definition) is 2. The number of amides is 1. The van der Waals surface area contributed by atoms with Gasteiger partial charge in [0, 0.05) is 17.3 Å². The second-order valence-electron chi connectivity index (χ2n) is 5.63. The number of benzene rings is 2. The Morgan fingerprint density at radius 2 is 1.65 bits per heavy atom. The molecule has 0 spiro atoms. The number of para-hydroxylation sites is 2. The summed E-state index contributed by atoms with van der Waals surface area (Å²) in [5, 5.41) is 15.0. The van der Waals surface area contributed by atoms with Gasteiger partial charge in [0.05, 0.1) is 11.2 Å². The lowest BCUT2D eigenvalue weighted by Crippen LogP contribution is -2.15. The fraction of sp³-hybridized carbons (Fsp3) is 0. The SMILES string of the molecule is O=C(Nc1cccc2cccnc12)c1ccc(Nc2ccccc2)nn1. The zero-order valence-electron chi connectivity index (χ0n) is 13.8. The summed E-state index contributed by atoms with van der Waals surface area (Å²) < 4.78 is 0. The number of rotatable bonds is 4. The van der Waals surface area contributed by atoms with Crippen LogP contribution in [0, 0.1) is 0 Å². The van der Waals surface area contributed by atoms with Gasteiger partial charge in [-0.1, -0.05) is 36.4 Å². The molecule has 0 atom stereocenters. The van der Waals surface area contributed by atoms with Gasteiger partial charge in [-0.05, 0) is 36.4 Å². The second kappa shape index (κ2) is 6.98. The molecule has 0 aliphatic rings. The van der Waals surface area contributed by atoms with E-state index in [9.17, 15) is 4.79 Å². The molecule has 4 aromatic rings. The second-order valence-corrected chi connectivity index (χ2v) is 5.63. The van der Waals surface area contributed by atoms with E-state index in [1.807, 2.05) is 60.7 Å². The topological polar surface area (TPSA) is 79.8 Å². The van der Waals surface area contributed by atoms with Crippen molar-refractivity contribution >= 4 is 34.0 Å². The van der Waals surface area contributed by atoms with Crippen molar-refractivity contribution in [3.63, 3.8) is 0 Å². The van der Waals surface area contributed by atoms with Gasteiger partial charge in [-0.3, -0.25) is 9.78 Å². The van der Waals surface area contributed by atoms with E-state index in [1.165, 1.54) is 0 Å². The van der Waals surface area contributed by atoms with E-state index in [-0.39, 0.29) is 11.6 Å². The standard InChI is InChI=1S/C20H15N5O/c26-20(23-16-10-4-6-14-7-5-13-21-19(14)16)17-11-12-18(25-24-17)22-15-8-2-1-3-9-15/h1-13H,(H,22,25)(H,23,26). The molecule has 6 nitrogen and oxygen atoms in total. The number of nitrogens with one attached hydrogen (secondary N) is 2. The number of carbonyl (C=O) groups excluding carboxylic acids is 1. The van der Waals surface area contributed by atoms with Crippen LogP contribution in [0.2, 0.25) is 0 Å². The Balaban J connectivity index is 1.51. The average molecular weight is 341 g/mol. The minimum absolute atomic E-state index is 0.233. The van der Waals surface area contributed by atoms with Crippen molar-refractivity contribution in [2.75, 3.05) is 10.6 Å². The number of pyridine rings is 1. The monoisotopic (exact) mass is 341 g/mol. The van der Waals surface area contributed by atoms with E-state index >= 15 is 0 Å². The molecule has 6 heteroatoms. The van der Waals surface area contributed by atoms with Crippen LogP contribution in [0.3, 0.4) is 0 Å². The summed E-state index contributed by atoms with van der Waals surface area (Å²) in [5.74, 6) is 0.237. The normalized spacial score (nSPS) is 10.5. The molecule has 0 bridgehead atoms. The van der Waals surface area contributed by atoms with Gasteiger partial charge in [-0.15, -0.1) is 10.2 Å². The highest BCUT2D eigenvalue weighted by Crippen LogP contribution is 2.21. The van der Waals surface area contributed by atoms with Gasteiger partial charge in [0.15, 0.2) is 11.5 Å². The maximum absolute atomic E-state index is 12.5. The highest BCUT2D eigenvalue weighted by atomic mass is 16.1. The summed E-state index contributed by atoms with van der Waals surface area (Å²) in [6.07, 6.45) is 1.70. The van der Waals surface area contributed by atoms with E-state index in [2.05, 4.69) is 25.8 Å². The molecule has 126 valence electrons. The molecule has 0 saturated heterocycles. The molecular weight excluding hydrogens is 326 g/mol. The number of fused-ring (bicyclic) bond motifs is 1. The van der Waals surface area contributed by atoms with Crippen molar-refractivity contribution in [1.29, 1.82) is 0 Å². The predicted molar refractivity (Wildman–Crippen MR) is 101 cm³/mol. The Bertz CT molecular complexity index is 1040. The maximum Gasteiger partial charge on any atom is 0.276 e. The zero-order chi connectivity index (χ0) is 17.8. The first-order valence-corrected chi connectivity index (χ1v) is 8.10. The third kappa shape index (κ3) is 3.34. The third-order valence-electron chi connectivity index (χ3n) is 3.82. The Morgan fingerprint density at radius 1 is 0.808 bits per heavy atom. The molecule has 26 heavy (non-hydrogen) atoms. The average Bonchev–Trinajstić information content (AvgIpc) is 2.70. The third-order valence-corrected chi connectivity index (χ3v) is 3.82. The maximum atomic E-state index is 12.5. The summed E-state index contributed by atoms with van der Waals surface area (Å²) in [4.78, 5) is 16.8. The fourth-order valence-electron chi connectivity index (χ4n) is 2.58. The van der Waals surface area contributed by atoms with Gasteiger partial charge in [-0.25, -0.2) is 0 Å². The molecule has 2 aromatic carbocycles. The molecule has 2 aromatic heterocycles. The van der Waals surface area contributed by atoms with E-state index < -0.39 is 0 Å². The van der Waals surface area contributed by atoms with E-state index in [0.29, 0.717) is 11.5 Å². The number of aromatic nitrogens is 3. The van der Waals surface area contributed by atoms with Crippen molar-refractivity contribution in [2.45, 2.75) is 0 Å². The quantitative estimate of drug-likeness (QED) is 0.586. The first-order chi connectivity index (χ1) is 12.8. The van der Waals surface area contributed by atoms with Crippen LogP contribution in [0.25, 0.3) is 10.9 Å². The lowest BCUT2D eigenvalue weighted by Gasteiger charge is -2.08.